The first kappa shape index (κ1) is 9.01. The Balaban J connectivity index is 2.38. The van der Waals surface area contributed by atoms with Crippen LogP contribution in [0.5, 0.6) is 0 Å². The molecule has 0 aromatic heterocycles. The maximum absolute atomic E-state index is 9.49. The second-order valence-corrected chi connectivity index (χ2v) is 3.41. The van der Waals surface area contributed by atoms with Crippen LogP contribution in [0, 0.1) is 5.92 Å². The number of hydrogen-bond donors (Lipinski definition) is 1. The summed E-state index contributed by atoms with van der Waals surface area (Å²) in [7, 11) is 0. The van der Waals surface area contributed by atoms with E-state index in [2.05, 4.69) is 13.8 Å². The number of ether oxygens (including phenoxy) is 1. The lowest BCUT2D eigenvalue weighted by Crippen LogP contribution is -2.37. The van der Waals surface area contributed by atoms with Gasteiger partial charge >= 0.3 is 0 Å². The smallest absolute Gasteiger partial charge is 0.0625 e. The van der Waals surface area contributed by atoms with Gasteiger partial charge < -0.3 is 9.84 Å². The number of aliphatic hydroxyl groups excluding tert-OH is 1. The van der Waals surface area contributed by atoms with Gasteiger partial charge in [0.05, 0.1) is 12.2 Å². The molecule has 0 aromatic rings. The fourth-order valence-corrected chi connectivity index (χ4v) is 1.63. The van der Waals surface area contributed by atoms with Crippen molar-refractivity contribution in [3.05, 3.63) is 0 Å². The Labute approximate surface area is 68.6 Å². The SMILES string of the molecule is CCCC1OCCC(O)C1C. The molecule has 1 fully saturated rings. The van der Waals surface area contributed by atoms with Crippen LogP contribution >= 0.6 is 0 Å². The van der Waals surface area contributed by atoms with E-state index in [-0.39, 0.29) is 6.10 Å². The molecule has 0 bridgehead atoms. The van der Waals surface area contributed by atoms with Gasteiger partial charge in [-0.2, -0.15) is 0 Å². The number of hydrogen-bond acceptors (Lipinski definition) is 2. The quantitative estimate of drug-likeness (QED) is 0.661. The Morgan fingerprint density at radius 2 is 2.27 bits per heavy atom. The van der Waals surface area contributed by atoms with Crippen molar-refractivity contribution in [3.63, 3.8) is 0 Å². The summed E-state index contributed by atoms with van der Waals surface area (Å²) in [4.78, 5) is 0. The average molecular weight is 158 g/mol. The van der Waals surface area contributed by atoms with E-state index in [0.717, 1.165) is 25.9 Å². The van der Waals surface area contributed by atoms with Crippen molar-refractivity contribution >= 4 is 0 Å². The zero-order valence-corrected chi connectivity index (χ0v) is 7.42. The zero-order valence-electron chi connectivity index (χ0n) is 7.42. The van der Waals surface area contributed by atoms with Gasteiger partial charge in [0.25, 0.3) is 0 Å². The van der Waals surface area contributed by atoms with Gasteiger partial charge in [0, 0.05) is 12.5 Å². The van der Waals surface area contributed by atoms with Crippen LogP contribution in [-0.4, -0.2) is 23.9 Å². The fourth-order valence-electron chi connectivity index (χ4n) is 1.63. The Kier molecular flexibility index (Phi) is 3.34. The molecule has 66 valence electrons. The highest BCUT2D eigenvalue weighted by molar-refractivity contribution is 4.77. The molecule has 1 aliphatic heterocycles. The first-order valence-corrected chi connectivity index (χ1v) is 4.55. The summed E-state index contributed by atoms with van der Waals surface area (Å²) in [5.74, 6) is 0.323. The summed E-state index contributed by atoms with van der Waals surface area (Å²) in [6.07, 6.45) is 3.19. The third-order valence-electron chi connectivity index (χ3n) is 2.51. The molecule has 0 aliphatic carbocycles. The van der Waals surface area contributed by atoms with Crippen LogP contribution in [0.1, 0.15) is 33.1 Å². The Bertz CT molecular complexity index is 112. The Morgan fingerprint density at radius 1 is 1.55 bits per heavy atom. The minimum Gasteiger partial charge on any atom is -0.393 e. The van der Waals surface area contributed by atoms with Gasteiger partial charge in [0.1, 0.15) is 0 Å². The molecule has 1 aliphatic rings. The van der Waals surface area contributed by atoms with Gasteiger partial charge in [-0.25, -0.2) is 0 Å². The molecule has 1 saturated heterocycles. The van der Waals surface area contributed by atoms with E-state index in [1.165, 1.54) is 0 Å². The first-order valence-electron chi connectivity index (χ1n) is 4.55. The number of aliphatic hydroxyl groups is 1. The van der Waals surface area contributed by atoms with Crippen LogP contribution in [0.25, 0.3) is 0 Å². The van der Waals surface area contributed by atoms with Gasteiger partial charge in [0.15, 0.2) is 0 Å². The van der Waals surface area contributed by atoms with Crippen molar-refractivity contribution in [1.82, 2.24) is 0 Å². The molecular weight excluding hydrogens is 140 g/mol. The lowest BCUT2D eigenvalue weighted by molar-refractivity contribution is -0.0880. The highest BCUT2D eigenvalue weighted by Crippen LogP contribution is 2.23. The summed E-state index contributed by atoms with van der Waals surface area (Å²) >= 11 is 0. The van der Waals surface area contributed by atoms with E-state index in [4.69, 9.17) is 4.74 Å². The minimum atomic E-state index is -0.139. The van der Waals surface area contributed by atoms with E-state index >= 15 is 0 Å². The second-order valence-electron chi connectivity index (χ2n) is 3.41. The van der Waals surface area contributed by atoms with Gasteiger partial charge in [-0.05, 0) is 12.8 Å². The summed E-state index contributed by atoms with van der Waals surface area (Å²) < 4.78 is 5.54. The van der Waals surface area contributed by atoms with E-state index in [1.807, 2.05) is 0 Å². The molecule has 1 rings (SSSR count). The Hall–Kier alpha value is -0.0800. The van der Waals surface area contributed by atoms with Crippen molar-refractivity contribution < 1.29 is 9.84 Å². The van der Waals surface area contributed by atoms with Gasteiger partial charge in [-0.3, -0.25) is 0 Å². The van der Waals surface area contributed by atoms with Crippen molar-refractivity contribution in [2.24, 2.45) is 5.92 Å². The first-order chi connectivity index (χ1) is 5.25. The maximum Gasteiger partial charge on any atom is 0.0625 e. The molecule has 0 saturated carbocycles. The van der Waals surface area contributed by atoms with Gasteiger partial charge in [-0.1, -0.05) is 20.3 Å². The molecule has 3 unspecified atom stereocenters. The standard InChI is InChI=1S/C9H18O2/c1-3-4-9-7(2)8(10)5-6-11-9/h7-10H,3-6H2,1-2H3. The molecule has 1 heterocycles. The molecule has 0 aromatic carbocycles. The summed E-state index contributed by atoms with van der Waals surface area (Å²) in [5, 5.41) is 9.49. The maximum atomic E-state index is 9.49. The van der Waals surface area contributed by atoms with Crippen LogP contribution in [0.3, 0.4) is 0 Å². The number of rotatable bonds is 2. The van der Waals surface area contributed by atoms with Gasteiger partial charge in [-0.15, -0.1) is 0 Å². The predicted octanol–water partition coefficient (Wildman–Crippen LogP) is 1.57. The summed E-state index contributed by atoms with van der Waals surface area (Å²) in [5.41, 5.74) is 0. The normalized spacial score (nSPS) is 39.0. The fraction of sp³-hybridized carbons (Fsp3) is 1.00. The molecule has 2 heteroatoms. The van der Waals surface area contributed by atoms with Crippen molar-refractivity contribution in [2.75, 3.05) is 6.61 Å². The molecule has 0 radical (unpaired) electrons. The average Bonchev–Trinajstić information content (AvgIpc) is 1.99. The monoisotopic (exact) mass is 158 g/mol. The van der Waals surface area contributed by atoms with Crippen LogP contribution < -0.4 is 0 Å². The van der Waals surface area contributed by atoms with E-state index in [0.29, 0.717) is 12.0 Å². The Morgan fingerprint density at radius 3 is 2.91 bits per heavy atom. The van der Waals surface area contributed by atoms with Crippen molar-refractivity contribution in [2.45, 2.75) is 45.3 Å². The topological polar surface area (TPSA) is 29.5 Å². The third-order valence-corrected chi connectivity index (χ3v) is 2.51. The van der Waals surface area contributed by atoms with E-state index in [9.17, 15) is 5.11 Å². The van der Waals surface area contributed by atoms with Crippen molar-refractivity contribution in [3.8, 4) is 0 Å². The van der Waals surface area contributed by atoms with Gasteiger partial charge in [0.2, 0.25) is 0 Å². The molecule has 0 spiro atoms. The second kappa shape index (κ2) is 4.07. The summed E-state index contributed by atoms with van der Waals surface area (Å²) in [6, 6.07) is 0. The lowest BCUT2D eigenvalue weighted by Gasteiger charge is -2.33. The molecular formula is C9H18O2. The van der Waals surface area contributed by atoms with Crippen LogP contribution in [-0.2, 0) is 4.74 Å². The molecule has 3 atom stereocenters. The van der Waals surface area contributed by atoms with E-state index in [1.54, 1.807) is 0 Å². The minimum absolute atomic E-state index is 0.139. The molecule has 0 amide bonds. The van der Waals surface area contributed by atoms with Crippen molar-refractivity contribution in [1.29, 1.82) is 0 Å². The molecule has 2 nitrogen and oxygen atoms in total. The lowest BCUT2D eigenvalue weighted by atomic mass is 9.91. The molecule has 11 heavy (non-hydrogen) atoms. The third kappa shape index (κ3) is 2.17. The van der Waals surface area contributed by atoms with Crippen LogP contribution in [0.15, 0.2) is 0 Å². The zero-order chi connectivity index (χ0) is 8.27. The highest BCUT2D eigenvalue weighted by Gasteiger charge is 2.28. The van der Waals surface area contributed by atoms with Crippen LogP contribution in [0.4, 0.5) is 0 Å². The largest absolute Gasteiger partial charge is 0.393 e. The predicted molar refractivity (Wildman–Crippen MR) is 44.4 cm³/mol. The van der Waals surface area contributed by atoms with Crippen LogP contribution in [0.2, 0.25) is 0 Å². The molecule has 1 N–H and O–H groups in total. The summed E-state index contributed by atoms with van der Waals surface area (Å²) in [6.45, 7) is 4.96. The van der Waals surface area contributed by atoms with E-state index < -0.39 is 0 Å². The highest BCUT2D eigenvalue weighted by atomic mass is 16.5.